The third-order valence-electron chi connectivity index (χ3n) is 3.72. The standard InChI is InChI=1S/C18H21BrO/c1-3-4-6-14-9-11-15(12-10-14)18(20)16-7-5-8-17(19)13(16)2/h5,7-12,18,20H,3-4,6H2,1-2H3. The minimum Gasteiger partial charge on any atom is -0.384 e. The Bertz CT molecular complexity index is 560. The van der Waals surface area contributed by atoms with Crippen LogP contribution in [0.2, 0.25) is 0 Å². The summed E-state index contributed by atoms with van der Waals surface area (Å²) in [6.07, 6.45) is 2.98. The first-order valence-electron chi connectivity index (χ1n) is 7.15. The fourth-order valence-electron chi connectivity index (χ4n) is 2.35. The molecule has 0 aliphatic rings. The van der Waals surface area contributed by atoms with Crippen LogP contribution < -0.4 is 0 Å². The van der Waals surface area contributed by atoms with E-state index in [2.05, 4.69) is 35.0 Å². The van der Waals surface area contributed by atoms with Crippen LogP contribution in [0.5, 0.6) is 0 Å². The molecule has 1 N–H and O–H groups in total. The van der Waals surface area contributed by atoms with Gasteiger partial charge in [0.25, 0.3) is 0 Å². The van der Waals surface area contributed by atoms with Gasteiger partial charge in [0.1, 0.15) is 6.10 Å². The van der Waals surface area contributed by atoms with Crippen molar-refractivity contribution < 1.29 is 5.11 Å². The average Bonchev–Trinajstić information content (AvgIpc) is 2.48. The van der Waals surface area contributed by atoms with E-state index in [1.54, 1.807) is 0 Å². The Morgan fingerprint density at radius 1 is 1.10 bits per heavy atom. The lowest BCUT2D eigenvalue weighted by Gasteiger charge is -2.15. The normalized spacial score (nSPS) is 12.4. The van der Waals surface area contributed by atoms with E-state index in [4.69, 9.17) is 0 Å². The molecule has 2 aromatic carbocycles. The summed E-state index contributed by atoms with van der Waals surface area (Å²) in [5, 5.41) is 10.5. The van der Waals surface area contributed by atoms with Gasteiger partial charge in [0, 0.05) is 4.47 Å². The van der Waals surface area contributed by atoms with Crippen LogP contribution in [0.25, 0.3) is 0 Å². The number of aliphatic hydroxyl groups excluding tert-OH is 1. The summed E-state index contributed by atoms with van der Waals surface area (Å²) < 4.78 is 1.04. The summed E-state index contributed by atoms with van der Waals surface area (Å²) in [7, 11) is 0. The minimum atomic E-state index is -0.562. The molecule has 0 amide bonds. The zero-order valence-corrected chi connectivity index (χ0v) is 13.7. The number of hydrogen-bond donors (Lipinski definition) is 1. The summed E-state index contributed by atoms with van der Waals surface area (Å²) in [6.45, 7) is 4.23. The molecule has 0 fully saturated rings. The van der Waals surface area contributed by atoms with Crippen LogP contribution in [-0.2, 0) is 6.42 Å². The predicted molar refractivity (Wildman–Crippen MR) is 88.0 cm³/mol. The van der Waals surface area contributed by atoms with Gasteiger partial charge in [0.15, 0.2) is 0 Å². The molecule has 0 radical (unpaired) electrons. The molecular formula is C18H21BrO. The van der Waals surface area contributed by atoms with Crippen molar-refractivity contribution in [2.24, 2.45) is 0 Å². The van der Waals surface area contributed by atoms with Crippen LogP contribution in [0, 0.1) is 6.92 Å². The van der Waals surface area contributed by atoms with Gasteiger partial charge in [0.2, 0.25) is 0 Å². The smallest absolute Gasteiger partial charge is 0.104 e. The molecule has 0 aliphatic carbocycles. The molecule has 20 heavy (non-hydrogen) atoms. The summed E-state index contributed by atoms with van der Waals surface area (Å²) in [6, 6.07) is 14.3. The molecule has 0 spiro atoms. The molecular weight excluding hydrogens is 312 g/mol. The molecule has 1 nitrogen and oxygen atoms in total. The van der Waals surface area contributed by atoms with E-state index in [1.165, 1.54) is 18.4 Å². The molecule has 2 aromatic rings. The Hall–Kier alpha value is -1.12. The predicted octanol–water partition coefficient (Wildman–Crippen LogP) is 5.18. The maximum atomic E-state index is 10.5. The topological polar surface area (TPSA) is 20.2 Å². The maximum Gasteiger partial charge on any atom is 0.104 e. The van der Waals surface area contributed by atoms with Crippen molar-refractivity contribution in [3.05, 3.63) is 69.2 Å². The Kier molecular flexibility index (Phi) is 5.38. The van der Waals surface area contributed by atoms with Crippen LogP contribution in [-0.4, -0.2) is 5.11 Å². The van der Waals surface area contributed by atoms with Crippen LogP contribution in [0.3, 0.4) is 0 Å². The molecule has 0 saturated carbocycles. The molecule has 2 heteroatoms. The number of aryl methyl sites for hydroxylation is 1. The first kappa shape index (κ1) is 15.3. The maximum absolute atomic E-state index is 10.5. The monoisotopic (exact) mass is 332 g/mol. The molecule has 0 aromatic heterocycles. The van der Waals surface area contributed by atoms with Gasteiger partial charge in [-0.25, -0.2) is 0 Å². The van der Waals surface area contributed by atoms with Gasteiger partial charge in [-0.15, -0.1) is 0 Å². The van der Waals surface area contributed by atoms with Gasteiger partial charge in [-0.3, -0.25) is 0 Å². The van der Waals surface area contributed by atoms with Crippen LogP contribution in [0.15, 0.2) is 46.9 Å². The summed E-state index contributed by atoms with van der Waals surface area (Å²) in [4.78, 5) is 0. The lowest BCUT2D eigenvalue weighted by molar-refractivity contribution is 0.219. The zero-order valence-electron chi connectivity index (χ0n) is 12.1. The van der Waals surface area contributed by atoms with Gasteiger partial charge >= 0.3 is 0 Å². The number of aliphatic hydroxyl groups is 1. The van der Waals surface area contributed by atoms with Gasteiger partial charge in [0.05, 0.1) is 0 Å². The Morgan fingerprint density at radius 2 is 1.80 bits per heavy atom. The molecule has 1 atom stereocenters. The summed E-state index contributed by atoms with van der Waals surface area (Å²) in [5.74, 6) is 0. The Morgan fingerprint density at radius 3 is 2.45 bits per heavy atom. The van der Waals surface area contributed by atoms with Crippen LogP contribution in [0.1, 0.15) is 48.1 Å². The zero-order chi connectivity index (χ0) is 14.5. The SMILES string of the molecule is CCCCc1ccc(C(O)c2cccc(Br)c2C)cc1. The first-order chi connectivity index (χ1) is 9.63. The van der Waals surface area contributed by atoms with Crippen LogP contribution in [0.4, 0.5) is 0 Å². The van der Waals surface area contributed by atoms with E-state index < -0.39 is 6.10 Å². The van der Waals surface area contributed by atoms with E-state index in [1.807, 2.05) is 37.3 Å². The highest BCUT2D eigenvalue weighted by atomic mass is 79.9. The van der Waals surface area contributed by atoms with Crippen molar-refractivity contribution >= 4 is 15.9 Å². The number of benzene rings is 2. The highest BCUT2D eigenvalue weighted by Gasteiger charge is 2.13. The van der Waals surface area contributed by atoms with Crippen molar-refractivity contribution in [1.29, 1.82) is 0 Å². The van der Waals surface area contributed by atoms with Gasteiger partial charge in [-0.2, -0.15) is 0 Å². The van der Waals surface area contributed by atoms with Gasteiger partial charge in [-0.1, -0.05) is 65.7 Å². The highest BCUT2D eigenvalue weighted by molar-refractivity contribution is 9.10. The van der Waals surface area contributed by atoms with E-state index >= 15 is 0 Å². The largest absolute Gasteiger partial charge is 0.384 e. The lowest BCUT2D eigenvalue weighted by atomic mass is 9.96. The van der Waals surface area contributed by atoms with Crippen molar-refractivity contribution in [2.75, 3.05) is 0 Å². The van der Waals surface area contributed by atoms with E-state index in [9.17, 15) is 5.11 Å². The lowest BCUT2D eigenvalue weighted by Crippen LogP contribution is -2.02. The first-order valence-corrected chi connectivity index (χ1v) is 7.94. The second kappa shape index (κ2) is 7.05. The third kappa shape index (κ3) is 3.50. The Balaban J connectivity index is 2.20. The van der Waals surface area contributed by atoms with Crippen molar-refractivity contribution in [2.45, 2.75) is 39.2 Å². The number of unbranched alkanes of at least 4 members (excludes halogenated alkanes) is 1. The van der Waals surface area contributed by atoms with E-state index in [-0.39, 0.29) is 0 Å². The fraction of sp³-hybridized carbons (Fsp3) is 0.333. The Labute approximate surface area is 129 Å². The van der Waals surface area contributed by atoms with Gasteiger partial charge in [-0.05, 0) is 48.1 Å². The van der Waals surface area contributed by atoms with Gasteiger partial charge < -0.3 is 5.11 Å². The average molecular weight is 333 g/mol. The molecule has 0 aliphatic heterocycles. The number of hydrogen-bond acceptors (Lipinski definition) is 1. The molecule has 2 rings (SSSR count). The fourth-order valence-corrected chi connectivity index (χ4v) is 2.73. The molecule has 1 unspecified atom stereocenters. The van der Waals surface area contributed by atoms with Crippen molar-refractivity contribution in [3.63, 3.8) is 0 Å². The second-order valence-corrected chi connectivity index (χ2v) is 6.06. The highest BCUT2D eigenvalue weighted by Crippen LogP contribution is 2.29. The quantitative estimate of drug-likeness (QED) is 0.799. The van der Waals surface area contributed by atoms with Crippen molar-refractivity contribution in [3.8, 4) is 0 Å². The van der Waals surface area contributed by atoms with Crippen molar-refractivity contribution in [1.82, 2.24) is 0 Å². The molecule has 0 heterocycles. The summed E-state index contributed by atoms with van der Waals surface area (Å²) >= 11 is 3.52. The summed E-state index contributed by atoms with van der Waals surface area (Å²) in [5.41, 5.74) is 4.34. The third-order valence-corrected chi connectivity index (χ3v) is 4.58. The molecule has 0 bridgehead atoms. The second-order valence-electron chi connectivity index (χ2n) is 5.20. The van der Waals surface area contributed by atoms with E-state index in [0.29, 0.717) is 0 Å². The number of halogens is 1. The molecule has 106 valence electrons. The molecule has 0 saturated heterocycles. The minimum absolute atomic E-state index is 0.562. The van der Waals surface area contributed by atoms with E-state index in [0.717, 1.165) is 27.6 Å². The van der Waals surface area contributed by atoms with Crippen LogP contribution >= 0.6 is 15.9 Å². The number of rotatable bonds is 5.